The molecule has 0 bridgehead atoms. The molecule has 5 nitrogen and oxygen atoms in total. The summed E-state index contributed by atoms with van der Waals surface area (Å²) in [6, 6.07) is 7.78. The molecule has 1 aliphatic carbocycles. The van der Waals surface area contributed by atoms with Crippen molar-refractivity contribution in [2.75, 3.05) is 24.3 Å². The van der Waals surface area contributed by atoms with E-state index in [1.165, 1.54) is 23.8 Å². The average Bonchev–Trinajstić information content (AvgIpc) is 3.14. The molecule has 0 spiro atoms. The molecule has 2 heterocycles. The van der Waals surface area contributed by atoms with Crippen molar-refractivity contribution in [2.45, 2.75) is 19.3 Å². The molecule has 0 radical (unpaired) electrons. The average molecular weight is 399 g/mol. The summed E-state index contributed by atoms with van der Waals surface area (Å²) >= 11 is 6.02. The summed E-state index contributed by atoms with van der Waals surface area (Å²) in [5, 5.41) is 3.79. The molecule has 0 amide bonds. The molecule has 28 heavy (non-hydrogen) atoms. The Morgan fingerprint density at radius 1 is 1.14 bits per heavy atom. The molecule has 0 aliphatic heterocycles. The van der Waals surface area contributed by atoms with Crippen LogP contribution in [0.3, 0.4) is 0 Å². The summed E-state index contributed by atoms with van der Waals surface area (Å²) in [4.78, 5) is 21.8. The third kappa shape index (κ3) is 3.36. The van der Waals surface area contributed by atoms with Crippen molar-refractivity contribution >= 4 is 28.8 Å². The number of benzene rings is 1. The summed E-state index contributed by atoms with van der Waals surface area (Å²) in [6.45, 7) is 0. The lowest BCUT2D eigenvalue weighted by Gasteiger charge is -2.20. The number of H-pyrrole nitrogens is 1. The molecule has 144 valence electrons. The van der Waals surface area contributed by atoms with E-state index in [0.717, 1.165) is 30.6 Å². The van der Waals surface area contributed by atoms with Crippen LogP contribution in [0.1, 0.15) is 17.7 Å². The van der Waals surface area contributed by atoms with E-state index in [2.05, 4.69) is 15.3 Å². The van der Waals surface area contributed by atoms with Gasteiger partial charge in [0.25, 0.3) is 5.56 Å². The first kappa shape index (κ1) is 18.5. The van der Waals surface area contributed by atoms with Gasteiger partial charge in [-0.25, -0.2) is 4.39 Å². The minimum atomic E-state index is -0.497. The molecule has 2 aromatic heterocycles. The monoisotopic (exact) mass is 398 g/mol. The molecule has 1 aliphatic rings. The third-order valence-corrected chi connectivity index (χ3v) is 5.18. The van der Waals surface area contributed by atoms with E-state index in [-0.39, 0.29) is 16.7 Å². The molecule has 0 unspecified atom stereocenters. The third-order valence-electron chi connectivity index (χ3n) is 4.94. The zero-order valence-corrected chi connectivity index (χ0v) is 16.4. The number of nitrogens with one attached hydrogen (secondary N) is 2. The fraction of sp³-hybridized carbons (Fsp3) is 0.238. The maximum Gasteiger partial charge on any atom is 0.257 e. The highest BCUT2D eigenvalue weighted by Crippen LogP contribution is 2.34. The number of hydrogen-bond donors (Lipinski definition) is 2. The maximum atomic E-state index is 14.4. The Hall–Kier alpha value is -2.86. The van der Waals surface area contributed by atoms with Gasteiger partial charge in [0.1, 0.15) is 11.6 Å². The Labute approximate surface area is 167 Å². The zero-order valence-electron chi connectivity index (χ0n) is 15.6. The Morgan fingerprint density at radius 3 is 2.75 bits per heavy atom. The summed E-state index contributed by atoms with van der Waals surface area (Å²) in [7, 11) is 3.68. The zero-order chi connectivity index (χ0) is 19.8. The minimum Gasteiger partial charge on any atom is -0.362 e. The number of aromatic amines is 1. The van der Waals surface area contributed by atoms with E-state index in [4.69, 9.17) is 11.6 Å². The van der Waals surface area contributed by atoms with Crippen molar-refractivity contribution in [3.8, 4) is 11.1 Å². The molecule has 0 saturated heterocycles. The van der Waals surface area contributed by atoms with Gasteiger partial charge in [0.2, 0.25) is 0 Å². The Balaban J connectivity index is 1.85. The van der Waals surface area contributed by atoms with Gasteiger partial charge in [-0.15, -0.1) is 0 Å². The molecule has 0 fully saturated rings. The predicted molar refractivity (Wildman–Crippen MR) is 111 cm³/mol. The molecular weight excluding hydrogens is 379 g/mol. The Kier molecular flexibility index (Phi) is 4.81. The van der Waals surface area contributed by atoms with Crippen LogP contribution in [0.25, 0.3) is 11.1 Å². The van der Waals surface area contributed by atoms with Gasteiger partial charge in [0.05, 0.1) is 11.3 Å². The van der Waals surface area contributed by atoms with Gasteiger partial charge in [-0.3, -0.25) is 9.78 Å². The highest BCUT2D eigenvalue weighted by Gasteiger charge is 2.19. The Morgan fingerprint density at radius 2 is 1.96 bits per heavy atom. The fourth-order valence-corrected chi connectivity index (χ4v) is 3.77. The van der Waals surface area contributed by atoms with Gasteiger partial charge in [-0.05, 0) is 55.2 Å². The van der Waals surface area contributed by atoms with Gasteiger partial charge in [-0.1, -0.05) is 11.6 Å². The first-order valence-corrected chi connectivity index (χ1v) is 9.45. The topological polar surface area (TPSA) is 61.0 Å². The van der Waals surface area contributed by atoms with Crippen LogP contribution in [0.2, 0.25) is 5.02 Å². The van der Waals surface area contributed by atoms with Crippen molar-refractivity contribution in [3.05, 3.63) is 69.0 Å². The van der Waals surface area contributed by atoms with Crippen molar-refractivity contribution in [2.24, 2.45) is 0 Å². The van der Waals surface area contributed by atoms with Crippen LogP contribution in [-0.2, 0) is 12.8 Å². The van der Waals surface area contributed by atoms with E-state index in [9.17, 15) is 9.18 Å². The first-order valence-electron chi connectivity index (χ1n) is 9.08. The highest BCUT2D eigenvalue weighted by molar-refractivity contribution is 6.30. The number of nitrogens with zero attached hydrogens (tertiary/aromatic N) is 2. The lowest BCUT2D eigenvalue weighted by Crippen LogP contribution is -2.20. The number of hydrogen-bond acceptors (Lipinski definition) is 4. The molecule has 4 rings (SSSR count). The number of pyridine rings is 2. The first-order chi connectivity index (χ1) is 13.4. The SMILES string of the molecule is CN(C)c1[nH]c(=O)c(-c2cc(Cl)ccc2F)cc1Nc1ccnc2c1CCC2. The van der Waals surface area contributed by atoms with E-state index in [0.29, 0.717) is 16.5 Å². The smallest absolute Gasteiger partial charge is 0.257 e. The standard InChI is InChI=1S/C21H20ClFN4O/c1-27(2)20-19(25-18-8-9-24-17-5-3-4-13(17)18)11-15(21(28)26-20)14-10-12(22)6-7-16(14)23/h6-11H,3-5H2,1-2H3,(H,24,25)(H,26,28). The summed E-state index contributed by atoms with van der Waals surface area (Å²) in [6.07, 6.45) is 4.79. The van der Waals surface area contributed by atoms with Crippen LogP contribution in [0.15, 0.2) is 41.3 Å². The van der Waals surface area contributed by atoms with Crippen molar-refractivity contribution in [1.29, 1.82) is 0 Å². The number of aryl methyl sites for hydroxylation is 1. The fourth-order valence-electron chi connectivity index (χ4n) is 3.60. The van der Waals surface area contributed by atoms with Crippen LogP contribution < -0.4 is 15.8 Å². The second kappa shape index (κ2) is 7.28. The second-order valence-corrected chi connectivity index (χ2v) is 7.49. The number of rotatable bonds is 4. The highest BCUT2D eigenvalue weighted by atomic mass is 35.5. The van der Waals surface area contributed by atoms with Crippen molar-refractivity contribution < 1.29 is 4.39 Å². The molecular formula is C21H20ClFN4O. The summed E-state index contributed by atoms with van der Waals surface area (Å²) in [5.74, 6) is 0.114. The summed E-state index contributed by atoms with van der Waals surface area (Å²) < 4.78 is 14.4. The van der Waals surface area contributed by atoms with Crippen LogP contribution >= 0.6 is 11.6 Å². The van der Waals surface area contributed by atoms with Gasteiger partial charge in [-0.2, -0.15) is 0 Å². The van der Waals surface area contributed by atoms with Gasteiger partial charge < -0.3 is 15.2 Å². The van der Waals surface area contributed by atoms with Gasteiger partial charge >= 0.3 is 0 Å². The Bertz CT molecular complexity index is 1110. The number of fused-ring (bicyclic) bond motifs is 1. The molecule has 0 saturated carbocycles. The minimum absolute atomic E-state index is 0.169. The van der Waals surface area contributed by atoms with E-state index >= 15 is 0 Å². The van der Waals surface area contributed by atoms with Crippen molar-refractivity contribution in [1.82, 2.24) is 9.97 Å². The van der Waals surface area contributed by atoms with E-state index in [1.54, 1.807) is 12.3 Å². The molecule has 0 atom stereocenters. The molecule has 3 aromatic rings. The maximum absolute atomic E-state index is 14.4. The summed E-state index contributed by atoms with van der Waals surface area (Å²) in [5.41, 5.74) is 3.93. The molecule has 7 heteroatoms. The number of aromatic nitrogens is 2. The van der Waals surface area contributed by atoms with E-state index < -0.39 is 5.82 Å². The largest absolute Gasteiger partial charge is 0.362 e. The van der Waals surface area contributed by atoms with Crippen molar-refractivity contribution in [3.63, 3.8) is 0 Å². The van der Waals surface area contributed by atoms with Crippen LogP contribution in [-0.4, -0.2) is 24.1 Å². The lowest BCUT2D eigenvalue weighted by atomic mass is 10.1. The normalized spacial score (nSPS) is 12.7. The van der Waals surface area contributed by atoms with Gasteiger partial charge in [0.15, 0.2) is 0 Å². The van der Waals surface area contributed by atoms with Crippen LogP contribution in [0, 0.1) is 5.82 Å². The van der Waals surface area contributed by atoms with E-state index in [1.807, 2.05) is 25.1 Å². The van der Waals surface area contributed by atoms with Crippen LogP contribution in [0.4, 0.5) is 21.6 Å². The number of halogens is 2. The predicted octanol–water partition coefficient (Wildman–Crippen LogP) is 4.53. The number of anilines is 3. The van der Waals surface area contributed by atoms with Gasteiger partial charge in [0, 0.05) is 42.3 Å². The lowest BCUT2D eigenvalue weighted by molar-refractivity contribution is 0.631. The van der Waals surface area contributed by atoms with Crippen LogP contribution in [0.5, 0.6) is 0 Å². The molecule has 2 N–H and O–H groups in total. The quantitative estimate of drug-likeness (QED) is 0.678. The second-order valence-electron chi connectivity index (χ2n) is 7.06. The molecule has 1 aromatic carbocycles.